The summed E-state index contributed by atoms with van der Waals surface area (Å²) in [5.41, 5.74) is 4.75. The third kappa shape index (κ3) is 8.47. The first-order valence-corrected chi connectivity index (χ1v) is 24.9. The van der Waals surface area contributed by atoms with Crippen molar-refractivity contribution in [1.82, 2.24) is 29.6 Å². The lowest BCUT2D eigenvalue weighted by molar-refractivity contribution is -0.0228. The van der Waals surface area contributed by atoms with Crippen molar-refractivity contribution in [3.8, 4) is 17.2 Å². The average Bonchev–Trinajstić information content (AvgIpc) is 4.10. The van der Waals surface area contributed by atoms with E-state index in [9.17, 15) is 18.3 Å². The summed E-state index contributed by atoms with van der Waals surface area (Å²) in [6.45, 7) is 7.52. The molecule has 348 valence electrons. The Morgan fingerprint density at radius 1 is 0.985 bits per heavy atom. The summed E-state index contributed by atoms with van der Waals surface area (Å²) in [4.78, 5) is 33.5. The molecule has 5 heterocycles. The van der Waals surface area contributed by atoms with Gasteiger partial charge in [0.1, 0.15) is 44.8 Å². The Morgan fingerprint density at radius 2 is 1.77 bits per heavy atom. The summed E-state index contributed by atoms with van der Waals surface area (Å²) >= 11 is 0. The normalized spacial score (nSPS) is 21.4. The number of carbonyl (C=O) groups excluding carboxylic acids is 1. The fourth-order valence-electron chi connectivity index (χ4n) is 11.3. The summed E-state index contributed by atoms with van der Waals surface area (Å²) in [5, 5.41) is 14.1. The first kappa shape index (κ1) is 44.1. The number of nitrogens with one attached hydrogen (secondary N) is 4. The van der Waals surface area contributed by atoms with Gasteiger partial charge in [0, 0.05) is 55.4 Å². The standard InChI is InChI=1S/C50H59FN8O6S/c1-30(2)36-7-4-5-8-37(36)40-9-6-18-59(40)33-25-50(26-33)15-19-58(20-16-50)41-23-42(65-35-21-32-14-17-52-48(32)54-28-35)38(22-39(41)51)49(61)57-66(62,63)44-24-43(64-3)45(47-46(44)55-29-56-47)53-27-31-10-12-34(60)13-11-31/h4-5,7-8,14,17,21-24,28-31,33-34,40,53,60H,6,9-13,15-16,18-20,25-27H2,1-3H3,(H,52,54)(H,55,56)(H,57,61)/t31?,34?,40-/m0/s1. The fraction of sp³-hybridized carbons (Fsp3) is 0.460. The Balaban J connectivity index is 0.881. The number of likely N-dealkylation sites (tertiary alicyclic amines) is 1. The van der Waals surface area contributed by atoms with Crippen LogP contribution in [0.25, 0.3) is 22.1 Å². The number of H-pyrrole nitrogens is 2. The molecule has 5 N–H and O–H groups in total. The van der Waals surface area contributed by atoms with E-state index in [1.165, 1.54) is 55.7 Å². The lowest BCUT2D eigenvalue weighted by Gasteiger charge is -2.56. The number of fused-ring (bicyclic) bond motifs is 2. The van der Waals surface area contributed by atoms with Gasteiger partial charge < -0.3 is 34.8 Å². The maximum atomic E-state index is 16.5. The van der Waals surface area contributed by atoms with Crippen LogP contribution in [0, 0.1) is 17.2 Å². The first-order chi connectivity index (χ1) is 31.9. The van der Waals surface area contributed by atoms with Gasteiger partial charge in [-0.15, -0.1) is 0 Å². The smallest absolute Gasteiger partial charge is 0.268 e. The van der Waals surface area contributed by atoms with Gasteiger partial charge >= 0.3 is 0 Å². The number of imidazole rings is 1. The zero-order valence-electron chi connectivity index (χ0n) is 37.8. The van der Waals surface area contributed by atoms with Crippen molar-refractivity contribution in [2.24, 2.45) is 11.3 Å². The number of aromatic amines is 2. The molecule has 16 heteroatoms. The van der Waals surface area contributed by atoms with E-state index in [0.29, 0.717) is 66.2 Å². The van der Waals surface area contributed by atoms with Gasteiger partial charge in [0.25, 0.3) is 15.9 Å². The number of aliphatic hydroxyl groups is 1. The van der Waals surface area contributed by atoms with Gasteiger partial charge in [-0.1, -0.05) is 38.1 Å². The molecule has 4 fully saturated rings. The van der Waals surface area contributed by atoms with Crippen molar-refractivity contribution in [2.75, 3.05) is 43.5 Å². The number of nitrogens with zero attached hydrogens (tertiary/aromatic N) is 4. The van der Waals surface area contributed by atoms with Crippen molar-refractivity contribution in [3.05, 3.63) is 95.8 Å². The van der Waals surface area contributed by atoms with Crippen molar-refractivity contribution in [3.63, 3.8) is 0 Å². The van der Waals surface area contributed by atoms with Crippen LogP contribution < -0.4 is 24.4 Å². The number of piperidine rings is 1. The highest BCUT2D eigenvalue weighted by Crippen LogP contribution is 2.54. The molecule has 0 unspecified atom stereocenters. The topological polar surface area (TPSA) is 178 Å². The summed E-state index contributed by atoms with van der Waals surface area (Å²) in [6.07, 6.45) is 14.0. The van der Waals surface area contributed by atoms with Gasteiger partial charge in [-0.05, 0) is 117 Å². The molecule has 3 aromatic heterocycles. The first-order valence-electron chi connectivity index (χ1n) is 23.5. The molecule has 1 amide bonds. The number of ether oxygens (including phenoxy) is 2. The quantitative estimate of drug-likeness (QED) is 0.0747. The zero-order chi connectivity index (χ0) is 45.7. The van der Waals surface area contributed by atoms with E-state index in [0.717, 1.165) is 69.4 Å². The van der Waals surface area contributed by atoms with Crippen LogP contribution in [-0.2, 0) is 10.0 Å². The molecule has 2 aliphatic heterocycles. The van der Waals surface area contributed by atoms with Gasteiger partial charge in [-0.3, -0.25) is 9.69 Å². The van der Waals surface area contributed by atoms with Crippen LogP contribution in [0.4, 0.5) is 15.8 Å². The highest BCUT2D eigenvalue weighted by atomic mass is 32.2. The van der Waals surface area contributed by atoms with Crippen LogP contribution in [0.5, 0.6) is 17.2 Å². The van der Waals surface area contributed by atoms with E-state index >= 15 is 4.39 Å². The molecule has 1 spiro atoms. The molecular weight excluding hydrogens is 860 g/mol. The Kier molecular flexibility index (Phi) is 11.9. The average molecular weight is 919 g/mol. The van der Waals surface area contributed by atoms with E-state index in [1.54, 1.807) is 12.3 Å². The number of amides is 1. The number of hydrogen-bond acceptors (Lipinski definition) is 11. The highest BCUT2D eigenvalue weighted by Gasteiger charge is 2.50. The number of hydrogen-bond donors (Lipinski definition) is 5. The molecule has 4 aliphatic rings. The van der Waals surface area contributed by atoms with E-state index in [2.05, 4.69) is 73.0 Å². The molecular formula is C50H59FN8O6S. The molecule has 14 nitrogen and oxygen atoms in total. The minimum absolute atomic E-state index is 0.0150. The number of rotatable bonds is 13. The third-order valence-electron chi connectivity index (χ3n) is 14.9. The van der Waals surface area contributed by atoms with Crippen LogP contribution in [0.3, 0.4) is 0 Å². The summed E-state index contributed by atoms with van der Waals surface area (Å²) in [7, 11) is -3.19. The molecule has 2 aliphatic carbocycles. The second-order valence-electron chi connectivity index (χ2n) is 19.3. The van der Waals surface area contributed by atoms with Gasteiger partial charge in [-0.25, -0.2) is 27.5 Å². The Bertz CT molecular complexity index is 2860. The molecule has 0 bridgehead atoms. The van der Waals surface area contributed by atoms with E-state index in [-0.39, 0.29) is 44.7 Å². The number of anilines is 2. The largest absolute Gasteiger partial charge is 0.494 e. The fourth-order valence-corrected chi connectivity index (χ4v) is 12.4. The molecule has 6 aromatic rings. The van der Waals surface area contributed by atoms with Gasteiger partial charge in [0.2, 0.25) is 0 Å². The van der Waals surface area contributed by atoms with Crippen LogP contribution >= 0.6 is 0 Å². The number of methoxy groups -OCH3 is 1. The molecule has 2 saturated heterocycles. The molecule has 3 aromatic carbocycles. The van der Waals surface area contributed by atoms with Crippen molar-refractivity contribution in [1.29, 1.82) is 0 Å². The highest BCUT2D eigenvalue weighted by molar-refractivity contribution is 7.90. The lowest BCUT2D eigenvalue weighted by Crippen LogP contribution is -2.55. The van der Waals surface area contributed by atoms with Crippen molar-refractivity contribution >= 4 is 49.4 Å². The van der Waals surface area contributed by atoms with Crippen molar-refractivity contribution in [2.45, 2.75) is 107 Å². The maximum absolute atomic E-state index is 16.5. The molecule has 10 rings (SSSR count). The number of sulfonamides is 1. The van der Waals surface area contributed by atoms with Gasteiger partial charge in [-0.2, -0.15) is 0 Å². The molecule has 66 heavy (non-hydrogen) atoms. The predicted octanol–water partition coefficient (Wildman–Crippen LogP) is 9.17. The number of carbonyl (C=O) groups is 1. The molecule has 2 saturated carbocycles. The summed E-state index contributed by atoms with van der Waals surface area (Å²) in [5.74, 6) is -0.436. The number of aromatic nitrogens is 4. The van der Waals surface area contributed by atoms with Gasteiger partial charge in [0.05, 0.1) is 42.5 Å². The molecule has 0 radical (unpaired) electrons. The number of benzene rings is 3. The van der Waals surface area contributed by atoms with Gasteiger partial charge in [0.15, 0.2) is 0 Å². The Morgan fingerprint density at radius 3 is 2.55 bits per heavy atom. The van der Waals surface area contributed by atoms with Crippen LogP contribution in [0.1, 0.15) is 112 Å². The van der Waals surface area contributed by atoms with E-state index in [1.807, 2.05) is 11.0 Å². The zero-order valence-corrected chi connectivity index (χ0v) is 38.6. The van der Waals surface area contributed by atoms with E-state index in [4.69, 9.17) is 9.47 Å². The Labute approximate surface area is 384 Å². The monoisotopic (exact) mass is 918 g/mol. The van der Waals surface area contributed by atoms with E-state index < -0.39 is 21.7 Å². The van der Waals surface area contributed by atoms with Crippen LogP contribution in [-0.4, -0.2) is 89.7 Å². The van der Waals surface area contributed by atoms with Crippen LogP contribution in [0.2, 0.25) is 0 Å². The summed E-state index contributed by atoms with van der Waals surface area (Å²) in [6, 6.07) is 17.4. The number of halogens is 1. The predicted molar refractivity (Wildman–Crippen MR) is 252 cm³/mol. The second-order valence-corrected chi connectivity index (χ2v) is 20.9. The van der Waals surface area contributed by atoms with Crippen LogP contribution in [0.15, 0.2) is 78.2 Å². The van der Waals surface area contributed by atoms with Crippen molar-refractivity contribution < 1.29 is 32.2 Å². The number of pyridine rings is 1. The Hall–Kier alpha value is -5.71. The minimum Gasteiger partial charge on any atom is -0.494 e. The summed E-state index contributed by atoms with van der Waals surface area (Å²) < 4.78 is 59.1. The third-order valence-corrected chi connectivity index (χ3v) is 16.2. The second kappa shape index (κ2) is 17.8. The lowest BCUT2D eigenvalue weighted by atomic mass is 9.59. The SMILES string of the molecule is COc1cc(S(=O)(=O)NC(=O)c2cc(F)c(N3CCC4(CC3)CC(N3CCC[C@H]3c3ccccc3C(C)C)C4)cc2Oc2cnc3[nH]ccc3c2)c2nc[nH]c2c1NCC1CCC(O)CC1. The molecule has 1 atom stereocenters. The minimum atomic E-state index is -4.62. The number of aliphatic hydroxyl groups excluding tert-OH is 1. The maximum Gasteiger partial charge on any atom is 0.268 e.